The number of phosphoric acid groups is 1. The summed E-state index contributed by atoms with van der Waals surface area (Å²) in [5, 5.41) is 19.5. The Morgan fingerprint density at radius 1 is 1.06 bits per heavy atom. The molecule has 0 heterocycles. The summed E-state index contributed by atoms with van der Waals surface area (Å²) in [5.41, 5.74) is 0.125. The normalized spacial score (nSPS) is 47.2. The predicted octanol–water partition coefficient (Wildman–Crippen LogP) is 4.59. The maximum Gasteiger partial charge on any atom is 0.469 e. The molecule has 0 aromatic heterocycles. The minimum Gasteiger partial charge on any atom is -0.481 e. The summed E-state index contributed by atoms with van der Waals surface area (Å²) in [6.45, 7) is 6.87. The van der Waals surface area contributed by atoms with Crippen LogP contribution in [0.15, 0.2) is 0 Å². The van der Waals surface area contributed by atoms with Crippen LogP contribution in [-0.4, -0.2) is 38.2 Å². The number of carboxylic acids is 1. The molecule has 0 bridgehead atoms. The maximum atomic E-state index is 11.9. The van der Waals surface area contributed by atoms with E-state index in [1.54, 1.807) is 0 Å². The van der Waals surface area contributed by atoms with Crippen LogP contribution in [0.4, 0.5) is 0 Å². The summed E-state index contributed by atoms with van der Waals surface area (Å²) in [6.07, 6.45) is 7.27. The van der Waals surface area contributed by atoms with Gasteiger partial charge < -0.3 is 20.0 Å². The minimum atomic E-state index is -4.62. The fourth-order valence-electron chi connectivity index (χ4n) is 8.99. The van der Waals surface area contributed by atoms with Crippen LogP contribution in [0.3, 0.4) is 0 Å². The molecule has 4 aliphatic rings. The van der Waals surface area contributed by atoms with Crippen LogP contribution in [0.5, 0.6) is 0 Å². The van der Waals surface area contributed by atoms with Gasteiger partial charge in [-0.25, -0.2) is 4.57 Å². The highest BCUT2D eigenvalue weighted by atomic mass is 31.2. The third-order valence-electron chi connectivity index (χ3n) is 10.5. The number of hydrogen-bond donors (Lipinski definition) is 4. The zero-order valence-corrected chi connectivity index (χ0v) is 20.5. The molecule has 7 nitrogen and oxygen atoms in total. The fraction of sp³-hybridized carbons (Fsp3) is 0.958. The van der Waals surface area contributed by atoms with Crippen molar-refractivity contribution in [3.8, 4) is 0 Å². The van der Waals surface area contributed by atoms with Gasteiger partial charge >= 0.3 is 13.8 Å². The lowest BCUT2D eigenvalue weighted by Gasteiger charge is -2.63. The molecule has 0 saturated heterocycles. The van der Waals surface area contributed by atoms with Gasteiger partial charge in [-0.05, 0) is 104 Å². The average Bonchev–Trinajstić information content (AvgIpc) is 3.03. The number of phosphoric ester groups is 1. The van der Waals surface area contributed by atoms with Crippen LogP contribution in [0.1, 0.15) is 85.0 Å². The zero-order valence-electron chi connectivity index (χ0n) is 19.7. The van der Waals surface area contributed by atoms with Crippen LogP contribution in [-0.2, 0) is 13.9 Å². The molecule has 184 valence electrons. The number of aliphatic hydroxyl groups is 1. The van der Waals surface area contributed by atoms with Crippen molar-refractivity contribution < 1.29 is 33.9 Å². The zero-order chi connectivity index (χ0) is 23.5. The summed E-state index contributed by atoms with van der Waals surface area (Å²) in [4.78, 5) is 30.6. The fourth-order valence-corrected chi connectivity index (χ4v) is 9.57. The van der Waals surface area contributed by atoms with Crippen LogP contribution in [0.25, 0.3) is 0 Å². The molecular formula is C24H41O7P. The highest BCUT2D eigenvalue weighted by Crippen LogP contribution is 2.69. The van der Waals surface area contributed by atoms with E-state index in [0.717, 1.165) is 38.5 Å². The Labute approximate surface area is 191 Å². The molecule has 0 amide bonds. The first-order valence-electron chi connectivity index (χ1n) is 12.5. The van der Waals surface area contributed by atoms with Crippen LogP contribution < -0.4 is 0 Å². The first kappa shape index (κ1) is 24.7. The molecule has 4 fully saturated rings. The number of aliphatic hydroxyl groups excluding tert-OH is 1. The Bertz CT molecular complexity index is 767. The van der Waals surface area contributed by atoms with Crippen molar-refractivity contribution in [3.63, 3.8) is 0 Å². The molecule has 0 spiro atoms. The molecule has 0 aromatic rings. The number of rotatable bonds is 6. The number of fused-ring (bicyclic) bond motifs is 5. The van der Waals surface area contributed by atoms with E-state index in [9.17, 15) is 24.3 Å². The van der Waals surface area contributed by atoms with Crippen molar-refractivity contribution in [1.82, 2.24) is 0 Å². The Hall–Kier alpha value is -0.460. The van der Waals surface area contributed by atoms with Gasteiger partial charge in [0.25, 0.3) is 0 Å². The highest BCUT2D eigenvalue weighted by Gasteiger charge is 2.63. The Morgan fingerprint density at radius 2 is 1.72 bits per heavy atom. The number of carboxylic acid groups (broad SMARTS) is 1. The topological polar surface area (TPSA) is 124 Å². The Kier molecular flexibility index (Phi) is 6.66. The van der Waals surface area contributed by atoms with Gasteiger partial charge in [-0.15, -0.1) is 0 Å². The average molecular weight is 473 g/mol. The van der Waals surface area contributed by atoms with E-state index in [4.69, 9.17) is 9.63 Å². The second-order valence-electron chi connectivity index (χ2n) is 11.9. The largest absolute Gasteiger partial charge is 0.481 e. The summed E-state index contributed by atoms with van der Waals surface area (Å²) >= 11 is 0. The lowest BCUT2D eigenvalue weighted by Crippen LogP contribution is -2.59. The SMILES string of the molecule is C[C@H](CCC(=O)O)[C@H]1CC[C@H]2[C@@H]3[C@H](OP(=O)(O)O)C[C@@H]4C[C@H](O)CC[C@]4(C)[C@H]3CC[C@]12C. The molecule has 4 N–H and O–H groups in total. The van der Waals surface area contributed by atoms with Gasteiger partial charge in [-0.3, -0.25) is 9.32 Å². The lowest BCUT2D eigenvalue weighted by molar-refractivity contribution is -0.171. The molecule has 0 aliphatic heterocycles. The van der Waals surface area contributed by atoms with Gasteiger partial charge in [0.1, 0.15) is 0 Å². The van der Waals surface area contributed by atoms with Crippen LogP contribution in [0.2, 0.25) is 0 Å². The van der Waals surface area contributed by atoms with Crippen molar-refractivity contribution in [2.75, 3.05) is 0 Å². The second kappa shape index (κ2) is 8.64. The molecule has 10 atom stereocenters. The molecule has 0 unspecified atom stereocenters. The van der Waals surface area contributed by atoms with Crippen molar-refractivity contribution in [3.05, 3.63) is 0 Å². The maximum absolute atomic E-state index is 11.9. The van der Waals surface area contributed by atoms with Crippen molar-refractivity contribution >= 4 is 13.8 Å². The minimum absolute atomic E-state index is 0.0486. The molecular weight excluding hydrogens is 431 g/mol. The monoisotopic (exact) mass is 472 g/mol. The number of hydrogen-bond acceptors (Lipinski definition) is 4. The highest BCUT2D eigenvalue weighted by molar-refractivity contribution is 7.46. The lowest BCUT2D eigenvalue weighted by atomic mass is 9.43. The van der Waals surface area contributed by atoms with E-state index < -0.39 is 19.9 Å². The van der Waals surface area contributed by atoms with Gasteiger partial charge in [0.05, 0.1) is 12.2 Å². The smallest absolute Gasteiger partial charge is 0.469 e. The summed E-state index contributed by atoms with van der Waals surface area (Å²) in [6, 6.07) is 0. The molecule has 32 heavy (non-hydrogen) atoms. The van der Waals surface area contributed by atoms with Crippen LogP contribution in [0, 0.1) is 46.3 Å². The van der Waals surface area contributed by atoms with Crippen LogP contribution >= 0.6 is 7.82 Å². The van der Waals surface area contributed by atoms with E-state index in [0.29, 0.717) is 42.9 Å². The Morgan fingerprint density at radius 3 is 2.38 bits per heavy atom. The van der Waals surface area contributed by atoms with Gasteiger partial charge in [0.2, 0.25) is 0 Å². The van der Waals surface area contributed by atoms with Crippen molar-refractivity contribution in [1.29, 1.82) is 0 Å². The van der Waals surface area contributed by atoms with E-state index in [1.165, 1.54) is 0 Å². The third-order valence-corrected chi connectivity index (χ3v) is 11.0. The van der Waals surface area contributed by atoms with E-state index >= 15 is 0 Å². The predicted molar refractivity (Wildman–Crippen MR) is 120 cm³/mol. The van der Waals surface area contributed by atoms with E-state index in [2.05, 4.69) is 20.8 Å². The molecule has 8 heteroatoms. The molecule has 4 aliphatic carbocycles. The van der Waals surface area contributed by atoms with Gasteiger partial charge in [0.15, 0.2) is 0 Å². The van der Waals surface area contributed by atoms with Crippen molar-refractivity contribution in [2.45, 2.75) is 97.2 Å². The second-order valence-corrected chi connectivity index (χ2v) is 13.1. The molecule has 4 saturated carbocycles. The summed E-state index contributed by atoms with van der Waals surface area (Å²) < 4.78 is 17.5. The number of carbonyl (C=O) groups is 1. The Balaban J connectivity index is 1.64. The van der Waals surface area contributed by atoms with E-state index in [-0.39, 0.29) is 35.2 Å². The number of aliphatic carboxylic acids is 1. The van der Waals surface area contributed by atoms with E-state index in [1.807, 2.05) is 0 Å². The summed E-state index contributed by atoms with van der Waals surface area (Å²) in [5.74, 6) is 1.00. The third kappa shape index (κ3) is 4.33. The van der Waals surface area contributed by atoms with Crippen molar-refractivity contribution in [2.24, 2.45) is 46.3 Å². The molecule has 0 radical (unpaired) electrons. The molecule has 0 aromatic carbocycles. The first-order chi connectivity index (χ1) is 14.8. The standard InChI is InChI=1S/C24H41O7P/c1-14(4-7-21(26)27)17-5-6-18-22-19(9-11-24(17,18)3)23(2)10-8-16(25)12-15(23)13-20(22)31-32(28,29)30/h14-20,22,25H,4-13H2,1-3H3,(H,26,27)(H2,28,29,30)/t14-,15+,16-,17-,18+,19+,20-,22+,23+,24-/m1/s1. The van der Waals surface area contributed by atoms with Gasteiger partial charge in [-0.1, -0.05) is 20.8 Å². The van der Waals surface area contributed by atoms with Gasteiger partial charge in [0, 0.05) is 6.42 Å². The van der Waals surface area contributed by atoms with Gasteiger partial charge in [-0.2, -0.15) is 0 Å². The molecule has 4 rings (SSSR count). The first-order valence-corrected chi connectivity index (χ1v) is 14.0. The summed E-state index contributed by atoms with van der Waals surface area (Å²) in [7, 11) is -4.62. The quantitative estimate of drug-likeness (QED) is 0.417.